The van der Waals surface area contributed by atoms with Crippen LogP contribution in [-0.4, -0.2) is 21.9 Å². The van der Waals surface area contributed by atoms with Crippen LogP contribution in [0.2, 0.25) is 0 Å². The molecular weight excluding hydrogens is 178 g/mol. The summed E-state index contributed by atoms with van der Waals surface area (Å²) in [4.78, 5) is 0. The van der Waals surface area contributed by atoms with Gasteiger partial charge in [0.25, 0.3) is 0 Å². The van der Waals surface area contributed by atoms with E-state index in [2.05, 4.69) is 5.32 Å². The van der Waals surface area contributed by atoms with Crippen molar-refractivity contribution in [1.82, 2.24) is 0 Å². The van der Waals surface area contributed by atoms with Crippen LogP contribution in [0.25, 0.3) is 0 Å². The van der Waals surface area contributed by atoms with E-state index in [-0.39, 0.29) is 11.8 Å². The largest absolute Gasteiger partial charge is 0.508 e. The number of aromatic hydroxyl groups is 1. The zero-order valence-electron chi connectivity index (χ0n) is 8.41. The van der Waals surface area contributed by atoms with Crippen LogP contribution >= 0.6 is 0 Å². The van der Waals surface area contributed by atoms with Gasteiger partial charge in [0, 0.05) is 5.69 Å². The lowest BCUT2D eigenvalue weighted by Gasteiger charge is -2.25. The second-order valence-electron chi connectivity index (χ2n) is 4.40. The molecule has 0 saturated carbocycles. The van der Waals surface area contributed by atoms with Crippen molar-refractivity contribution in [3.05, 3.63) is 23.8 Å². The number of anilines is 1. The Kier molecular flexibility index (Phi) is 1.93. The highest BCUT2D eigenvalue weighted by atomic mass is 16.3. The zero-order chi connectivity index (χ0) is 10.3. The van der Waals surface area contributed by atoms with Gasteiger partial charge in [0.05, 0.1) is 11.6 Å². The molecule has 0 fully saturated rings. The van der Waals surface area contributed by atoms with Crippen LogP contribution in [0.1, 0.15) is 19.4 Å². The number of rotatable bonds is 1. The molecule has 1 aliphatic rings. The minimum atomic E-state index is -0.741. The molecule has 0 aliphatic carbocycles. The number of phenols is 1. The minimum Gasteiger partial charge on any atom is -0.508 e. The van der Waals surface area contributed by atoms with Gasteiger partial charge in [-0.2, -0.15) is 0 Å². The van der Waals surface area contributed by atoms with E-state index in [0.29, 0.717) is 0 Å². The smallest absolute Gasteiger partial charge is 0.116 e. The average Bonchev–Trinajstić information content (AvgIpc) is 2.45. The molecule has 76 valence electrons. The second kappa shape index (κ2) is 2.89. The van der Waals surface area contributed by atoms with Gasteiger partial charge in [0.15, 0.2) is 0 Å². The van der Waals surface area contributed by atoms with Gasteiger partial charge >= 0.3 is 0 Å². The number of phenolic OH excluding ortho intramolecular Hbond substituents is 1. The molecule has 1 aromatic rings. The van der Waals surface area contributed by atoms with E-state index in [1.54, 1.807) is 26.0 Å². The number of hydrogen-bond acceptors (Lipinski definition) is 3. The third-order valence-electron chi connectivity index (χ3n) is 2.70. The molecule has 0 amide bonds. The molecule has 0 aromatic heterocycles. The second-order valence-corrected chi connectivity index (χ2v) is 4.40. The van der Waals surface area contributed by atoms with Crippen molar-refractivity contribution in [3.63, 3.8) is 0 Å². The normalized spacial score (nSPS) is 20.4. The first kappa shape index (κ1) is 9.34. The predicted octanol–water partition coefficient (Wildman–Crippen LogP) is 1.50. The first-order chi connectivity index (χ1) is 6.47. The Morgan fingerprint density at radius 1 is 1.43 bits per heavy atom. The molecule has 1 aromatic carbocycles. The highest BCUT2D eigenvalue weighted by Crippen LogP contribution is 2.32. The Bertz CT molecular complexity index is 355. The van der Waals surface area contributed by atoms with Crippen LogP contribution in [0, 0.1) is 0 Å². The summed E-state index contributed by atoms with van der Waals surface area (Å²) in [5, 5.41) is 22.4. The fourth-order valence-corrected chi connectivity index (χ4v) is 1.77. The van der Waals surface area contributed by atoms with Gasteiger partial charge in [0.1, 0.15) is 5.75 Å². The van der Waals surface area contributed by atoms with E-state index in [1.807, 2.05) is 6.07 Å². The number of benzene rings is 1. The molecule has 0 radical (unpaired) electrons. The fraction of sp³-hybridized carbons (Fsp3) is 0.455. The van der Waals surface area contributed by atoms with Crippen molar-refractivity contribution < 1.29 is 10.2 Å². The van der Waals surface area contributed by atoms with Crippen LogP contribution in [-0.2, 0) is 6.42 Å². The summed E-state index contributed by atoms with van der Waals surface area (Å²) < 4.78 is 0. The monoisotopic (exact) mass is 193 g/mol. The number of aliphatic hydroxyl groups is 1. The predicted molar refractivity (Wildman–Crippen MR) is 55.5 cm³/mol. The van der Waals surface area contributed by atoms with Crippen molar-refractivity contribution in [3.8, 4) is 5.75 Å². The van der Waals surface area contributed by atoms with E-state index < -0.39 is 5.60 Å². The zero-order valence-corrected chi connectivity index (χ0v) is 8.41. The van der Waals surface area contributed by atoms with Crippen LogP contribution in [0.5, 0.6) is 5.75 Å². The van der Waals surface area contributed by atoms with Crippen LogP contribution in [0.4, 0.5) is 5.69 Å². The van der Waals surface area contributed by atoms with Gasteiger partial charge in [-0.25, -0.2) is 0 Å². The van der Waals surface area contributed by atoms with Gasteiger partial charge in [-0.15, -0.1) is 0 Å². The lowest BCUT2D eigenvalue weighted by molar-refractivity contribution is 0.0614. The maximum absolute atomic E-state index is 9.83. The SMILES string of the molecule is CC(C)(O)C1Cc2cc(O)ccc2N1. The minimum absolute atomic E-state index is 0.0271. The maximum atomic E-state index is 9.83. The van der Waals surface area contributed by atoms with Crippen molar-refractivity contribution in [2.45, 2.75) is 31.9 Å². The Morgan fingerprint density at radius 2 is 2.14 bits per heavy atom. The first-order valence-electron chi connectivity index (χ1n) is 4.77. The maximum Gasteiger partial charge on any atom is 0.116 e. The topological polar surface area (TPSA) is 52.5 Å². The molecule has 1 heterocycles. The summed E-state index contributed by atoms with van der Waals surface area (Å²) >= 11 is 0. The average molecular weight is 193 g/mol. The molecule has 14 heavy (non-hydrogen) atoms. The Hall–Kier alpha value is -1.22. The van der Waals surface area contributed by atoms with Crippen LogP contribution in [0.15, 0.2) is 18.2 Å². The molecule has 0 saturated heterocycles. The molecule has 3 N–H and O–H groups in total. The Labute approximate surface area is 83.4 Å². The third-order valence-corrected chi connectivity index (χ3v) is 2.70. The summed E-state index contributed by atoms with van der Waals surface area (Å²) in [5.41, 5.74) is 1.33. The van der Waals surface area contributed by atoms with Gasteiger partial charge in [-0.3, -0.25) is 0 Å². The van der Waals surface area contributed by atoms with Crippen molar-refractivity contribution in [2.24, 2.45) is 0 Å². The lowest BCUT2D eigenvalue weighted by atomic mass is 9.96. The number of nitrogens with one attached hydrogen (secondary N) is 1. The van der Waals surface area contributed by atoms with E-state index >= 15 is 0 Å². The van der Waals surface area contributed by atoms with E-state index in [1.165, 1.54) is 0 Å². The Morgan fingerprint density at radius 3 is 2.79 bits per heavy atom. The van der Waals surface area contributed by atoms with Crippen molar-refractivity contribution in [2.75, 3.05) is 5.32 Å². The summed E-state index contributed by atoms with van der Waals surface area (Å²) in [6.07, 6.45) is 0.757. The number of fused-ring (bicyclic) bond motifs is 1. The molecule has 1 unspecified atom stereocenters. The molecule has 3 nitrogen and oxygen atoms in total. The van der Waals surface area contributed by atoms with Gasteiger partial charge in [0.2, 0.25) is 0 Å². The molecule has 0 spiro atoms. The summed E-state index contributed by atoms with van der Waals surface area (Å²) in [6.45, 7) is 3.58. The first-order valence-corrected chi connectivity index (χ1v) is 4.77. The van der Waals surface area contributed by atoms with Crippen molar-refractivity contribution >= 4 is 5.69 Å². The van der Waals surface area contributed by atoms with Crippen LogP contribution < -0.4 is 5.32 Å². The van der Waals surface area contributed by atoms with Gasteiger partial charge in [-0.1, -0.05) is 0 Å². The van der Waals surface area contributed by atoms with Gasteiger partial charge < -0.3 is 15.5 Å². The molecule has 0 bridgehead atoms. The lowest BCUT2D eigenvalue weighted by Crippen LogP contribution is -2.40. The summed E-state index contributed by atoms with van der Waals surface area (Å²) in [7, 11) is 0. The van der Waals surface area contributed by atoms with Crippen LogP contribution in [0.3, 0.4) is 0 Å². The summed E-state index contributed by atoms with van der Waals surface area (Å²) in [5.74, 6) is 0.280. The standard InChI is InChI=1S/C11H15NO2/c1-11(2,14)10-6-7-5-8(13)3-4-9(7)12-10/h3-5,10,12-14H,6H2,1-2H3. The highest BCUT2D eigenvalue weighted by Gasteiger charge is 2.32. The van der Waals surface area contributed by atoms with E-state index in [4.69, 9.17) is 0 Å². The summed E-state index contributed by atoms with van der Waals surface area (Å²) in [6, 6.07) is 5.27. The quantitative estimate of drug-likeness (QED) is 0.592. The third kappa shape index (κ3) is 1.55. The van der Waals surface area contributed by atoms with E-state index in [9.17, 15) is 10.2 Å². The molecule has 2 rings (SSSR count). The molecular formula is C11H15NO2. The molecule has 3 heteroatoms. The molecule has 1 atom stereocenters. The van der Waals surface area contributed by atoms with E-state index in [0.717, 1.165) is 17.7 Å². The molecule has 1 aliphatic heterocycles. The van der Waals surface area contributed by atoms with Gasteiger partial charge in [-0.05, 0) is 44.0 Å². The fourth-order valence-electron chi connectivity index (χ4n) is 1.77. The Balaban J connectivity index is 2.26. The van der Waals surface area contributed by atoms with Crippen molar-refractivity contribution in [1.29, 1.82) is 0 Å². The highest BCUT2D eigenvalue weighted by molar-refractivity contribution is 5.59. The number of hydrogen-bond donors (Lipinski definition) is 3.